The quantitative estimate of drug-likeness (QED) is 0.598. The zero-order valence-corrected chi connectivity index (χ0v) is 9.78. The highest BCUT2D eigenvalue weighted by Crippen LogP contribution is 2.29. The van der Waals surface area contributed by atoms with E-state index in [0.717, 1.165) is 5.69 Å². The maximum Gasteiger partial charge on any atom is 0.193 e. The third-order valence-electron chi connectivity index (χ3n) is 1.98. The highest BCUT2D eigenvalue weighted by atomic mass is 16.5. The maximum absolute atomic E-state index is 5.65. The van der Waals surface area contributed by atoms with E-state index in [0.29, 0.717) is 24.0 Å². The standard InChI is InChI=1S/C11H17N3O2/c1-4-13-11(12)14-8-5-6-9(15-2)10(7-8)16-3/h5-7H,4H2,1-3H3,(H3,12,13,14). The third-order valence-corrected chi connectivity index (χ3v) is 1.98. The summed E-state index contributed by atoms with van der Waals surface area (Å²) >= 11 is 0. The van der Waals surface area contributed by atoms with Crippen molar-refractivity contribution in [2.24, 2.45) is 10.7 Å². The zero-order valence-electron chi connectivity index (χ0n) is 9.78. The highest BCUT2D eigenvalue weighted by molar-refractivity contribution is 5.92. The average Bonchev–Trinajstić information content (AvgIpc) is 2.29. The van der Waals surface area contributed by atoms with Crippen molar-refractivity contribution in [3.05, 3.63) is 18.2 Å². The number of nitrogens with zero attached hydrogens (tertiary/aromatic N) is 1. The van der Waals surface area contributed by atoms with Gasteiger partial charge in [-0.15, -0.1) is 0 Å². The number of rotatable bonds is 4. The number of nitrogens with one attached hydrogen (secondary N) is 1. The summed E-state index contributed by atoms with van der Waals surface area (Å²) in [5, 5.41) is 2.96. The van der Waals surface area contributed by atoms with E-state index < -0.39 is 0 Å². The van der Waals surface area contributed by atoms with Crippen LogP contribution in [-0.2, 0) is 0 Å². The zero-order chi connectivity index (χ0) is 12.0. The predicted octanol–water partition coefficient (Wildman–Crippen LogP) is 1.45. The Kier molecular flexibility index (Phi) is 4.44. The number of hydrogen-bond acceptors (Lipinski definition) is 3. The van der Waals surface area contributed by atoms with Crippen LogP contribution in [0.4, 0.5) is 5.69 Å². The van der Waals surface area contributed by atoms with E-state index in [9.17, 15) is 0 Å². The molecule has 0 amide bonds. The fourth-order valence-corrected chi connectivity index (χ4v) is 1.27. The maximum atomic E-state index is 5.65. The monoisotopic (exact) mass is 223 g/mol. The van der Waals surface area contributed by atoms with Crippen LogP contribution >= 0.6 is 0 Å². The molecule has 5 nitrogen and oxygen atoms in total. The topological polar surface area (TPSA) is 68.9 Å². The molecule has 0 fully saturated rings. The molecule has 0 saturated carbocycles. The van der Waals surface area contributed by atoms with E-state index >= 15 is 0 Å². The third kappa shape index (κ3) is 3.05. The molecule has 1 aromatic rings. The van der Waals surface area contributed by atoms with Crippen LogP contribution in [0.15, 0.2) is 23.2 Å². The summed E-state index contributed by atoms with van der Waals surface area (Å²) in [6, 6.07) is 5.46. The number of benzene rings is 1. The van der Waals surface area contributed by atoms with Gasteiger partial charge in [-0.3, -0.25) is 4.99 Å². The second kappa shape index (κ2) is 5.85. The van der Waals surface area contributed by atoms with Gasteiger partial charge < -0.3 is 20.5 Å². The largest absolute Gasteiger partial charge is 0.493 e. The lowest BCUT2D eigenvalue weighted by Crippen LogP contribution is -2.22. The Balaban J connectivity index is 2.87. The van der Waals surface area contributed by atoms with Crippen LogP contribution in [0.25, 0.3) is 0 Å². The summed E-state index contributed by atoms with van der Waals surface area (Å²) in [6.45, 7) is 2.56. The molecule has 5 heteroatoms. The molecule has 16 heavy (non-hydrogen) atoms. The number of anilines is 1. The fourth-order valence-electron chi connectivity index (χ4n) is 1.27. The molecule has 0 unspecified atom stereocenters. The summed E-state index contributed by atoms with van der Waals surface area (Å²) in [5.74, 6) is 1.71. The van der Waals surface area contributed by atoms with Crippen molar-refractivity contribution in [1.29, 1.82) is 0 Å². The van der Waals surface area contributed by atoms with Crippen LogP contribution < -0.4 is 20.5 Å². The number of hydrogen-bond donors (Lipinski definition) is 2. The molecule has 1 aromatic carbocycles. The lowest BCUT2D eigenvalue weighted by Gasteiger charge is -2.10. The molecule has 0 atom stereocenters. The molecule has 0 saturated heterocycles. The summed E-state index contributed by atoms with van der Waals surface area (Å²) in [7, 11) is 3.18. The smallest absolute Gasteiger partial charge is 0.193 e. The van der Waals surface area contributed by atoms with Crippen LogP contribution in [0.2, 0.25) is 0 Å². The minimum absolute atomic E-state index is 0.384. The molecule has 88 valence electrons. The summed E-state index contributed by atoms with van der Waals surface area (Å²) in [6.07, 6.45) is 0. The molecule has 0 radical (unpaired) electrons. The first-order valence-electron chi connectivity index (χ1n) is 5.00. The number of ether oxygens (including phenoxy) is 2. The second-order valence-corrected chi connectivity index (χ2v) is 3.05. The van der Waals surface area contributed by atoms with Crippen molar-refractivity contribution >= 4 is 11.6 Å². The first-order valence-corrected chi connectivity index (χ1v) is 5.00. The molecule has 0 aliphatic rings. The molecule has 0 spiro atoms. The molecular weight excluding hydrogens is 206 g/mol. The van der Waals surface area contributed by atoms with Gasteiger partial charge in [-0.05, 0) is 19.1 Å². The van der Waals surface area contributed by atoms with E-state index in [4.69, 9.17) is 15.2 Å². The van der Waals surface area contributed by atoms with E-state index in [2.05, 4.69) is 10.3 Å². The van der Waals surface area contributed by atoms with Gasteiger partial charge in [0.05, 0.1) is 14.2 Å². The number of methoxy groups -OCH3 is 2. The van der Waals surface area contributed by atoms with Crippen molar-refractivity contribution in [2.75, 3.05) is 26.1 Å². The Morgan fingerprint density at radius 2 is 2.00 bits per heavy atom. The lowest BCUT2D eigenvalue weighted by molar-refractivity contribution is 0.355. The average molecular weight is 223 g/mol. The number of aliphatic imine (C=N–C) groups is 1. The van der Waals surface area contributed by atoms with Crippen LogP contribution in [0.3, 0.4) is 0 Å². The van der Waals surface area contributed by atoms with Gasteiger partial charge in [0.2, 0.25) is 0 Å². The molecule has 0 heterocycles. The van der Waals surface area contributed by atoms with Crippen molar-refractivity contribution in [3.8, 4) is 11.5 Å². The molecule has 3 N–H and O–H groups in total. The van der Waals surface area contributed by atoms with Gasteiger partial charge in [0.15, 0.2) is 17.5 Å². The van der Waals surface area contributed by atoms with Gasteiger partial charge in [-0.1, -0.05) is 0 Å². The number of nitrogens with two attached hydrogens (primary N) is 1. The van der Waals surface area contributed by atoms with Gasteiger partial charge >= 0.3 is 0 Å². The Labute approximate surface area is 95.3 Å². The van der Waals surface area contributed by atoms with E-state index in [1.165, 1.54) is 0 Å². The molecule has 0 aliphatic heterocycles. The summed E-state index contributed by atoms with van der Waals surface area (Å²) in [4.78, 5) is 4.03. The SMILES string of the molecule is CCN=C(N)Nc1ccc(OC)c(OC)c1. The van der Waals surface area contributed by atoms with Gasteiger partial charge in [0.1, 0.15) is 0 Å². The lowest BCUT2D eigenvalue weighted by atomic mass is 10.3. The van der Waals surface area contributed by atoms with Crippen LogP contribution in [0.5, 0.6) is 11.5 Å². The fraction of sp³-hybridized carbons (Fsp3) is 0.364. The Morgan fingerprint density at radius 3 is 2.56 bits per heavy atom. The van der Waals surface area contributed by atoms with Crippen LogP contribution in [0, 0.1) is 0 Å². The Bertz CT molecular complexity index is 377. The molecule has 1 rings (SSSR count). The van der Waals surface area contributed by atoms with Gasteiger partial charge in [0.25, 0.3) is 0 Å². The molecular formula is C11H17N3O2. The van der Waals surface area contributed by atoms with Gasteiger partial charge in [0, 0.05) is 18.3 Å². The molecule has 0 bridgehead atoms. The predicted molar refractivity (Wildman–Crippen MR) is 65.3 cm³/mol. The second-order valence-electron chi connectivity index (χ2n) is 3.05. The minimum atomic E-state index is 0.384. The van der Waals surface area contributed by atoms with Crippen LogP contribution in [0.1, 0.15) is 6.92 Å². The first-order chi connectivity index (χ1) is 7.71. The van der Waals surface area contributed by atoms with Crippen molar-refractivity contribution in [2.45, 2.75) is 6.92 Å². The molecule has 0 aromatic heterocycles. The van der Waals surface area contributed by atoms with Gasteiger partial charge in [-0.25, -0.2) is 0 Å². The Hall–Kier alpha value is -1.91. The normalized spacial score (nSPS) is 11.1. The minimum Gasteiger partial charge on any atom is -0.493 e. The van der Waals surface area contributed by atoms with Crippen molar-refractivity contribution in [1.82, 2.24) is 0 Å². The molecule has 0 aliphatic carbocycles. The van der Waals surface area contributed by atoms with Gasteiger partial charge in [-0.2, -0.15) is 0 Å². The summed E-state index contributed by atoms with van der Waals surface area (Å²) in [5.41, 5.74) is 6.46. The highest BCUT2D eigenvalue weighted by Gasteiger charge is 2.04. The van der Waals surface area contributed by atoms with E-state index in [-0.39, 0.29) is 0 Å². The first kappa shape index (κ1) is 12.2. The van der Waals surface area contributed by atoms with Crippen LogP contribution in [-0.4, -0.2) is 26.7 Å². The van der Waals surface area contributed by atoms with Crippen molar-refractivity contribution < 1.29 is 9.47 Å². The summed E-state index contributed by atoms with van der Waals surface area (Å²) < 4.78 is 10.3. The van der Waals surface area contributed by atoms with Crippen molar-refractivity contribution in [3.63, 3.8) is 0 Å². The number of guanidine groups is 1. The van der Waals surface area contributed by atoms with E-state index in [1.807, 2.05) is 13.0 Å². The van der Waals surface area contributed by atoms with E-state index in [1.54, 1.807) is 26.4 Å². The Morgan fingerprint density at radius 1 is 1.31 bits per heavy atom.